The van der Waals surface area contributed by atoms with Gasteiger partial charge in [0.05, 0.1) is 17.5 Å². The van der Waals surface area contributed by atoms with Crippen molar-refractivity contribution in [1.29, 1.82) is 0 Å². The Morgan fingerprint density at radius 2 is 1.72 bits per heavy atom. The zero-order chi connectivity index (χ0) is 17.9. The second kappa shape index (κ2) is 7.27. The van der Waals surface area contributed by atoms with Crippen LogP contribution in [0.4, 0.5) is 5.69 Å². The minimum Gasteiger partial charge on any atom is -0.346 e. The van der Waals surface area contributed by atoms with E-state index in [1.165, 1.54) is 4.31 Å². The molecule has 2 aromatic rings. The number of rotatable bonds is 4. The van der Waals surface area contributed by atoms with Gasteiger partial charge < -0.3 is 5.32 Å². The Hall–Kier alpha value is -2.34. The van der Waals surface area contributed by atoms with Crippen LogP contribution in [-0.4, -0.2) is 26.6 Å². The van der Waals surface area contributed by atoms with Crippen LogP contribution in [0, 0.1) is 0 Å². The molecular weight excluding hydrogens is 336 g/mol. The van der Waals surface area contributed by atoms with E-state index in [2.05, 4.69) is 5.32 Å². The van der Waals surface area contributed by atoms with Crippen molar-refractivity contribution in [2.75, 3.05) is 16.6 Å². The normalized spacial score (nSPS) is 17.7. The molecule has 25 heavy (non-hydrogen) atoms. The van der Waals surface area contributed by atoms with Crippen molar-refractivity contribution in [3.8, 4) is 0 Å². The van der Waals surface area contributed by atoms with Gasteiger partial charge in [-0.15, -0.1) is 0 Å². The molecule has 1 heterocycles. The van der Waals surface area contributed by atoms with Gasteiger partial charge in [-0.2, -0.15) is 0 Å². The summed E-state index contributed by atoms with van der Waals surface area (Å²) in [6.45, 7) is 2.43. The Morgan fingerprint density at radius 3 is 2.36 bits per heavy atom. The third kappa shape index (κ3) is 4.02. The molecule has 0 aromatic heterocycles. The Morgan fingerprint density at radius 1 is 1.04 bits per heavy atom. The summed E-state index contributed by atoms with van der Waals surface area (Å²) in [4.78, 5) is 12.4. The lowest BCUT2D eigenvalue weighted by molar-refractivity contribution is 0.0940. The van der Waals surface area contributed by atoms with E-state index in [9.17, 15) is 13.2 Å². The minimum absolute atomic E-state index is 0.101. The van der Waals surface area contributed by atoms with Crippen LogP contribution >= 0.6 is 0 Å². The number of anilines is 1. The van der Waals surface area contributed by atoms with Crippen LogP contribution in [0.3, 0.4) is 0 Å². The molecule has 0 aliphatic carbocycles. The van der Waals surface area contributed by atoms with E-state index in [-0.39, 0.29) is 17.7 Å². The summed E-state index contributed by atoms with van der Waals surface area (Å²) in [5.41, 5.74) is 2.17. The molecular formula is C19H22N2O3S. The second-order valence-electron chi connectivity index (χ2n) is 6.25. The second-order valence-corrected chi connectivity index (χ2v) is 8.26. The van der Waals surface area contributed by atoms with Gasteiger partial charge in [-0.25, -0.2) is 8.42 Å². The molecule has 1 aliphatic heterocycles. The maximum atomic E-state index is 12.4. The average molecular weight is 358 g/mol. The topological polar surface area (TPSA) is 66.5 Å². The van der Waals surface area contributed by atoms with E-state index in [0.29, 0.717) is 24.2 Å². The lowest BCUT2D eigenvalue weighted by Crippen LogP contribution is -2.37. The van der Waals surface area contributed by atoms with Crippen LogP contribution < -0.4 is 9.62 Å². The maximum Gasteiger partial charge on any atom is 0.251 e. The number of nitrogens with one attached hydrogen (secondary N) is 1. The van der Waals surface area contributed by atoms with Gasteiger partial charge in [0.25, 0.3) is 5.91 Å². The number of amides is 1. The summed E-state index contributed by atoms with van der Waals surface area (Å²) in [6, 6.07) is 16.4. The van der Waals surface area contributed by atoms with Crippen LogP contribution in [0.1, 0.15) is 41.7 Å². The predicted molar refractivity (Wildman–Crippen MR) is 99.1 cm³/mol. The van der Waals surface area contributed by atoms with Crippen LogP contribution in [0.5, 0.6) is 0 Å². The number of hydrogen-bond donors (Lipinski definition) is 1. The van der Waals surface area contributed by atoms with Crippen molar-refractivity contribution in [3.05, 3.63) is 65.7 Å². The van der Waals surface area contributed by atoms with Crippen LogP contribution in [0.15, 0.2) is 54.6 Å². The highest BCUT2D eigenvalue weighted by molar-refractivity contribution is 7.92. The van der Waals surface area contributed by atoms with E-state index >= 15 is 0 Å². The summed E-state index contributed by atoms with van der Waals surface area (Å²) < 4.78 is 25.7. The van der Waals surface area contributed by atoms with Crippen LogP contribution in [-0.2, 0) is 10.0 Å². The molecule has 6 heteroatoms. The first-order valence-electron chi connectivity index (χ1n) is 8.44. The van der Waals surface area contributed by atoms with Crippen molar-refractivity contribution in [1.82, 2.24) is 5.32 Å². The van der Waals surface area contributed by atoms with Crippen molar-refractivity contribution in [2.24, 2.45) is 0 Å². The molecule has 0 unspecified atom stereocenters. The Bertz CT molecular complexity index is 833. The van der Waals surface area contributed by atoms with Crippen LogP contribution in [0.25, 0.3) is 0 Å². The summed E-state index contributed by atoms with van der Waals surface area (Å²) in [6.07, 6.45) is 1.56. The zero-order valence-electron chi connectivity index (χ0n) is 14.2. The standard InChI is InChI=1S/C19H22N2O3S/c1-15(16-7-3-2-4-8-16)20-19(22)17-9-11-18(12-10-17)21-13-5-6-14-25(21,23)24/h2-4,7-12,15H,5-6,13-14H2,1H3,(H,20,22)/t15-/m1/s1. The highest BCUT2D eigenvalue weighted by Crippen LogP contribution is 2.24. The molecule has 1 aliphatic rings. The van der Waals surface area contributed by atoms with Gasteiger partial charge in [0, 0.05) is 12.1 Å². The number of carbonyl (C=O) groups excluding carboxylic acids is 1. The molecule has 1 N–H and O–H groups in total. The first-order chi connectivity index (χ1) is 12.0. The fourth-order valence-electron chi connectivity index (χ4n) is 2.96. The summed E-state index contributed by atoms with van der Waals surface area (Å²) in [7, 11) is -3.23. The molecule has 2 aromatic carbocycles. The molecule has 0 radical (unpaired) electrons. The fraction of sp³-hybridized carbons (Fsp3) is 0.316. The zero-order valence-corrected chi connectivity index (χ0v) is 15.0. The van der Waals surface area contributed by atoms with E-state index in [1.54, 1.807) is 24.3 Å². The minimum atomic E-state index is -3.23. The lowest BCUT2D eigenvalue weighted by Gasteiger charge is -2.28. The Balaban J connectivity index is 1.70. The van der Waals surface area contributed by atoms with Gasteiger partial charge in [0.2, 0.25) is 10.0 Å². The van der Waals surface area contributed by atoms with Crippen molar-refractivity contribution in [3.63, 3.8) is 0 Å². The molecule has 0 bridgehead atoms. The summed E-state index contributed by atoms with van der Waals surface area (Å²) in [5, 5.41) is 2.96. The Labute approximate surface area is 148 Å². The number of sulfonamides is 1. The van der Waals surface area contributed by atoms with E-state index in [4.69, 9.17) is 0 Å². The predicted octanol–water partition coefficient (Wildman–Crippen LogP) is 3.11. The first kappa shape index (κ1) is 17.5. The lowest BCUT2D eigenvalue weighted by atomic mass is 10.1. The van der Waals surface area contributed by atoms with Gasteiger partial charge in [-0.3, -0.25) is 9.10 Å². The van der Waals surface area contributed by atoms with E-state index in [0.717, 1.165) is 12.0 Å². The fourth-order valence-corrected chi connectivity index (χ4v) is 4.60. The smallest absolute Gasteiger partial charge is 0.251 e. The summed E-state index contributed by atoms with van der Waals surface area (Å²) in [5.74, 6) is 0.00788. The van der Waals surface area contributed by atoms with E-state index < -0.39 is 10.0 Å². The molecule has 5 nitrogen and oxygen atoms in total. The third-order valence-electron chi connectivity index (χ3n) is 4.41. The monoisotopic (exact) mass is 358 g/mol. The van der Waals surface area contributed by atoms with Crippen LogP contribution in [0.2, 0.25) is 0 Å². The largest absolute Gasteiger partial charge is 0.346 e. The molecule has 1 atom stereocenters. The molecule has 3 rings (SSSR count). The van der Waals surface area contributed by atoms with Gasteiger partial charge in [-0.05, 0) is 49.6 Å². The number of carbonyl (C=O) groups is 1. The van der Waals surface area contributed by atoms with Crippen molar-refractivity contribution in [2.45, 2.75) is 25.8 Å². The molecule has 1 amide bonds. The van der Waals surface area contributed by atoms with Gasteiger partial charge in [0.15, 0.2) is 0 Å². The molecule has 1 saturated heterocycles. The maximum absolute atomic E-state index is 12.4. The van der Waals surface area contributed by atoms with Gasteiger partial charge >= 0.3 is 0 Å². The molecule has 0 saturated carbocycles. The van der Waals surface area contributed by atoms with Crippen molar-refractivity contribution >= 4 is 21.6 Å². The average Bonchev–Trinajstić information content (AvgIpc) is 2.62. The molecule has 1 fully saturated rings. The Kier molecular flexibility index (Phi) is 5.08. The van der Waals surface area contributed by atoms with Crippen molar-refractivity contribution < 1.29 is 13.2 Å². The first-order valence-corrected chi connectivity index (χ1v) is 10.0. The molecule has 132 valence electrons. The third-order valence-corrected chi connectivity index (χ3v) is 6.28. The van der Waals surface area contributed by atoms with E-state index in [1.807, 2.05) is 37.3 Å². The molecule has 0 spiro atoms. The summed E-state index contributed by atoms with van der Waals surface area (Å²) >= 11 is 0. The number of hydrogen-bond acceptors (Lipinski definition) is 3. The van der Waals surface area contributed by atoms with Gasteiger partial charge in [0.1, 0.15) is 0 Å². The van der Waals surface area contributed by atoms with Gasteiger partial charge in [-0.1, -0.05) is 30.3 Å². The highest BCUT2D eigenvalue weighted by atomic mass is 32.2. The quantitative estimate of drug-likeness (QED) is 0.913. The number of nitrogens with zero attached hydrogens (tertiary/aromatic N) is 1. The SMILES string of the molecule is C[C@@H](NC(=O)c1ccc(N2CCCCS2(=O)=O)cc1)c1ccccc1. The highest BCUT2D eigenvalue weighted by Gasteiger charge is 2.26. The number of benzene rings is 2.